The van der Waals surface area contributed by atoms with Crippen molar-refractivity contribution in [2.75, 3.05) is 19.7 Å². The molecule has 1 amide bonds. The average molecular weight is 277 g/mol. The summed E-state index contributed by atoms with van der Waals surface area (Å²) < 4.78 is 5.46. The molecule has 2 rings (SSSR count). The summed E-state index contributed by atoms with van der Waals surface area (Å²) in [6.45, 7) is 2.15. The van der Waals surface area contributed by atoms with Crippen LogP contribution in [0.25, 0.3) is 0 Å². The van der Waals surface area contributed by atoms with Crippen molar-refractivity contribution < 1.29 is 9.53 Å². The largest absolute Gasteiger partial charge is 0.366 e. The summed E-state index contributed by atoms with van der Waals surface area (Å²) in [5.74, 6) is 0.0720. The van der Waals surface area contributed by atoms with Gasteiger partial charge in [-0.2, -0.15) is 0 Å². The van der Waals surface area contributed by atoms with Gasteiger partial charge < -0.3 is 15.4 Å². The van der Waals surface area contributed by atoms with Crippen molar-refractivity contribution in [1.82, 2.24) is 10.6 Å². The molecule has 0 spiro atoms. The molecule has 0 radical (unpaired) electrons. The van der Waals surface area contributed by atoms with E-state index >= 15 is 0 Å². The number of amides is 1. The summed E-state index contributed by atoms with van der Waals surface area (Å²) >= 11 is 0. The molecule has 1 saturated heterocycles. The van der Waals surface area contributed by atoms with Crippen LogP contribution in [0.15, 0.2) is 0 Å². The Balaban J connectivity index is 0.00000162. The molecule has 0 aromatic heterocycles. The molecule has 0 bridgehead atoms. The molecule has 0 aromatic carbocycles. The van der Waals surface area contributed by atoms with Crippen molar-refractivity contribution in [3.63, 3.8) is 0 Å². The van der Waals surface area contributed by atoms with Gasteiger partial charge in [-0.3, -0.25) is 4.79 Å². The molecule has 1 aliphatic carbocycles. The van der Waals surface area contributed by atoms with Crippen molar-refractivity contribution in [2.24, 2.45) is 0 Å². The maximum absolute atomic E-state index is 12.0. The van der Waals surface area contributed by atoms with Gasteiger partial charge in [0, 0.05) is 19.1 Å². The minimum Gasteiger partial charge on any atom is -0.366 e. The predicted octanol–water partition coefficient (Wildman–Crippen LogP) is 1.63. The molecular weight excluding hydrogens is 252 g/mol. The Labute approximate surface area is 116 Å². The van der Waals surface area contributed by atoms with E-state index in [1.54, 1.807) is 0 Å². The molecule has 1 atom stereocenters. The topological polar surface area (TPSA) is 50.4 Å². The number of carbonyl (C=O) groups excluding carboxylic acids is 1. The molecule has 1 heterocycles. The lowest BCUT2D eigenvalue weighted by Crippen LogP contribution is -2.50. The Kier molecular flexibility index (Phi) is 7.63. The Morgan fingerprint density at radius 2 is 1.78 bits per heavy atom. The Bertz CT molecular complexity index is 237. The molecule has 1 saturated carbocycles. The fraction of sp³-hybridized carbons (Fsp3) is 0.923. The van der Waals surface area contributed by atoms with Gasteiger partial charge in [0.15, 0.2) is 0 Å². The van der Waals surface area contributed by atoms with Crippen LogP contribution in [0.2, 0.25) is 0 Å². The van der Waals surface area contributed by atoms with Crippen LogP contribution in [0.1, 0.15) is 44.9 Å². The number of hydrogen-bond donors (Lipinski definition) is 2. The zero-order valence-corrected chi connectivity index (χ0v) is 11.8. The van der Waals surface area contributed by atoms with Crippen LogP contribution in [0, 0.1) is 0 Å². The minimum absolute atomic E-state index is 0. The first kappa shape index (κ1) is 15.7. The summed E-state index contributed by atoms with van der Waals surface area (Å²) in [6, 6.07) is 0.369. The first-order chi connectivity index (χ1) is 8.36. The standard InChI is InChI=1S/C13H24N2O2.ClH/c16-13(12-10-14-8-9-17-12)15-11-6-4-2-1-3-5-7-11;/h11-12,14H,1-10H2,(H,15,16);1H. The van der Waals surface area contributed by atoms with E-state index in [2.05, 4.69) is 10.6 Å². The van der Waals surface area contributed by atoms with Crippen molar-refractivity contribution in [2.45, 2.75) is 57.1 Å². The second-order valence-corrected chi connectivity index (χ2v) is 5.11. The number of nitrogens with one attached hydrogen (secondary N) is 2. The van der Waals surface area contributed by atoms with E-state index in [-0.39, 0.29) is 24.4 Å². The van der Waals surface area contributed by atoms with E-state index < -0.39 is 0 Å². The monoisotopic (exact) mass is 276 g/mol. The van der Waals surface area contributed by atoms with E-state index in [1.807, 2.05) is 0 Å². The molecule has 0 aromatic rings. The summed E-state index contributed by atoms with van der Waals surface area (Å²) in [5.41, 5.74) is 0. The van der Waals surface area contributed by atoms with Gasteiger partial charge in [0.05, 0.1) is 6.61 Å². The Hall–Kier alpha value is -0.320. The third-order valence-electron chi connectivity index (χ3n) is 3.67. The molecule has 106 valence electrons. The zero-order chi connectivity index (χ0) is 11.9. The third-order valence-corrected chi connectivity index (χ3v) is 3.67. The van der Waals surface area contributed by atoms with Gasteiger partial charge in [0.1, 0.15) is 6.10 Å². The van der Waals surface area contributed by atoms with E-state index in [9.17, 15) is 4.79 Å². The quantitative estimate of drug-likeness (QED) is 0.806. The van der Waals surface area contributed by atoms with Gasteiger partial charge >= 0.3 is 0 Å². The molecule has 2 N–H and O–H groups in total. The fourth-order valence-electron chi connectivity index (χ4n) is 2.63. The molecule has 1 aliphatic heterocycles. The predicted molar refractivity (Wildman–Crippen MR) is 74.1 cm³/mol. The smallest absolute Gasteiger partial charge is 0.250 e. The van der Waals surface area contributed by atoms with Crippen LogP contribution in [-0.2, 0) is 9.53 Å². The summed E-state index contributed by atoms with van der Waals surface area (Å²) in [7, 11) is 0. The fourth-order valence-corrected chi connectivity index (χ4v) is 2.63. The van der Waals surface area contributed by atoms with Crippen LogP contribution >= 0.6 is 12.4 Å². The Morgan fingerprint density at radius 1 is 1.11 bits per heavy atom. The highest BCUT2D eigenvalue weighted by Gasteiger charge is 2.24. The van der Waals surface area contributed by atoms with Gasteiger partial charge in [0.25, 0.3) is 5.91 Å². The third kappa shape index (κ3) is 5.12. The molecular formula is C13H25ClN2O2. The van der Waals surface area contributed by atoms with Crippen molar-refractivity contribution in [1.29, 1.82) is 0 Å². The second kappa shape index (κ2) is 8.73. The zero-order valence-electron chi connectivity index (χ0n) is 11.0. The molecule has 18 heavy (non-hydrogen) atoms. The number of morpholine rings is 1. The Morgan fingerprint density at radius 3 is 2.39 bits per heavy atom. The summed E-state index contributed by atoms with van der Waals surface area (Å²) in [6.07, 6.45) is 8.45. The molecule has 5 heteroatoms. The van der Waals surface area contributed by atoms with Crippen LogP contribution in [0.3, 0.4) is 0 Å². The van der Waals surface area contributed by atoms with Crippen LogP contribution in [-0.4, -0.2) is 37.7 Å². The van der Waals surface area contributed by atoms with Gasteiger partial charge in [-0.05, 0) is 12.8 Å². The van der Waals surface area contributed by atoms with Crippen LogP contribution in [0.5, 0.6) is 0 Å². The number of ether oxygens (including phenoxy) is 1. The SMILES string of the molecule is Cl.O=C(NC1CCCCCCC1)C1CNCCO1. The minimum atomic E-state index is -0.283. The molecule has 2 aliphatic rings. The highest BCUT2D eigenvalue weighted by molar-refractivity contribution is 5.85. The lowest BCUT2D eigenvalue weighted by Gasteiger charge is -2.26. The first-order valence-corrected chi connectivity index (χ1v) is 6.99. The van der Waals surface area contributed by atoms with Gasteiger partial charge in [-0.25, -0.2) is 0 Å². The van der Waals surface area contributed by atoms with Gasteiger partial charge in [0.2, 0.25) is 0 Å². The number of rotatable bonds is 2. The van der Waals surface area contributed by atoms with Crippen molar-refractivity contribution in [3.05, 3.63) is 0 Å². The first-order valence-electron chi connectivity index (χ1n) is 6.99. The second-order valence-electron chi connectivity index (χ2n) is 5.11. The van der Waals surface area contributed by atoms with Crippen LogP contribution in [0.4, 0.5) is 0 Å². The maximum Gasteiger partial charge on any atom is 0.250 e. The maximum atomic E-state index is 12.0. The van der Waals surface area contributed by atoms with E-state index in [0.717, 1.165) is 19.4 Å². The number of hydrogen-bond acceptors (Lipinski definition) is 3. The normalized spacial score (nSPS) is 26.6. The van der Waals surface area contributed by atoms with Gasteiger partial charge in [-0.15, -0.1) is 12.4 Å². The lowest BCUT2D eigenvalue weighted by atomic mass is 9.96. The van der Waals surface area contributed by atoms with Crippen molar-refractivity contribution in [3.8, 4) is 0 Å². The number of carbonyl (C=O) groups is 1. The van der Waals surface area contributed by atoms with E-state index in [0.29, 0.717) is 19.2 Å². The molecule has 2 fully saturated rings. The van der Waals surface area contributed by atoms with Crippen molar-refractivity contribution >= 4 is 18.3 Å². The summed E-state index contributed by atoms with van der Waals surface area (Å²) in [5, 5.41) is 6.34. The molecule has 4 nitrogen and oxygen atoms in total. The highest BCUT2D eigenvalue weighted by atomic mass is 35.5. The average Bonchev–Trinajstić information content (AvgIpc) is 2.33. The summed E-state index contributed by atoms with van der Waals surface area (Å²) in [4.78, 5) is 12.0. The molecule has 1 unspecified atom stereocenters. The van der Waals surface area contributed by atoms with Crippen LogP contribution < -0.4 is 10.6 Å². The van der Waals surface area contributed by atoms with E-state index in [4.69, 9.17) is 4.74 Å². The van der Waals surface area contributed by atoms with E-state index in [1.165, 1.54) is 32.1 Å². The lowest BCUT2D eigenvalue weighted by molar-refractivity contribution is -0.135. The van der Waals surface area contributed by atoms with Gasteiger partial charge in [-0.1, -0.05) is 32.1 Å². The highest BCUT2D eigenvalue weighted by Crippen LogP contribution is 2.17. The number of halogens is 1.